The first-order valence-electron chi connectivity index (χ1n) is 6.66. The lowest BCUT2D eigenvalue weighted by atomic mass is 10.2. The zero-order valence-corrected chi connectivity index (χ0v) is 12.4. The van der Waals surface area contributed by atoms with Gasteiger partial charge >= 0.3 is 0 Å². The van der Waals surface area contributed by atoms with Crippen molar-refractivity contribution in [2.24, 2.45) is 0 Å². The predicted molar refractivity (Wildman–Crippen MR) is 85.5 cm³/mol. The summed E-state index contributed by atoms with van der Waals surface area (Å²) in [5, 5.41) is 6.61. The van der Waals surface area contributed by atoms with E-state index in [2.05, 4.69) is 15.5 Å². The summed E-state index contributed by atoms with van der Waals surface area (Å²) in [6.45, 7) is 0. The zero-order chi connectivity index (χ0) is 15.2. The molecule has 0 radical (unpaired) electrons. The average Bonchev–Trinajstić information content (AvgIpc) is 3.03. The lowest BCUT2D eigenvalue weighted by Crippen LogP contribution is -2.13. The third-order valence-corrected chi connectivity index (χ3v) is 3.86. The highest BCUT2D eigenvalue weighted by Gasteiger charge is 2.10. The number of aromatic nitrogens is 2. The number of carbonyl (C=O) groups excluding carboxylic acids is 1. The molecular formula is C16H13N3O2S. The Morgan fingerprint density at radius 2 is 2.05 bits per heavy atom. The largest absolute Gasteiger partial charge is 0.338 e. The second-order valence-corrected chi connectivity index (χ2v) is 5.52. The molecule has 2 aromatic heterocycles. The first-order valence-corrected chi connectivity index (χ1v) is 7.64. The second-order valence-electron chi connectivity index (χ2n) is 4.47. The van der Waals surface area contributed by atoms with Crippen LogP contribution in [-0.2, 0) is 4.79 Å². The molecule has 22 heavy (non-hydrogen) atoms. The Hall–Kier alpha value is -2.60. The van der Waals surface area contributed by atoms with Crippen LogP contribution in [0.5, 0.6) is 0 Å². The van der Waals surface area contributed by atoms with Crippen molar-refractivity contribution in [1.82, 2.24) is 10.1 Å². The van der Waals surface area contributed by atoms with Crippen LogP contribution in [0, 0.1) is 0 Å². The lowest BCUT2D eigenvalue weighted by Gasteiger charge is -2.01. The van der Waals surface area contributed by atoms with E-state index in [0.717, 1.165) is 10.5 Å². The molecule has 0 spiro atoms. The van der Waals surface area contributed by atoms with Crippen LogP contribution < -0.4 is 5.32 Å². The van der Waals surface area contributed by atoms with Crippen molar-refractivity contribution in [1.29, 1.82) is 0 Å². The number of nitrogens with one attached hydrogen (secondary N) is 1. The first-order chi connectivity index (χ1) is 10.8. The summed E-state index contributed by atoms with van der Waals surface area (Å²) in [6.07, 6.45) is 3.38. The Bertz CT molecular complexity index is 744. The van der Waals surface area contributed by atoms with Gasteiger partial charge in [0.25, 0.3) is 0 Å². The molecule has 3 aromatic rings. The van der Waals surface area contributed by atoms with Crippen molar-refractivity contribution >= 4 is 23.6 Å². The molecule has 1 aromatic carbocycles. The summed E-state index contributed by atoms with van der Waals surface area (Å²) < 4.78 is 5.12. The molecule has 0 aliphatic carbocycles. The van der Waals surface area contributed by atoms with E-state index in [0.29, 0.717) is 17.3 Å². The molecule has 0 unspecified atom stereocenters. The highest BCUT2D eigenvalue weighted by atomic mass is 32.2. The number of nitrogens with zero attached hydrogens (tertiary/aromatic N) is 2. The molecule has 0 fully saturated rings. The highest BCUT2D eigenvalue weighted by Crippen LogP contribution is 2.21. The maximum absolute atomic E-state index is 11.9. The maximum atomic E-state index is 11.9. The summed E-state index contributed by atoms with van der Waals surface area (Å²) in [7, 11) is 0. The van der Waals surface area contributed by atoms with E-state index in [1.54, 1.807) is 18.5 Å². The van der Waals surface area contributed by atoms with Crippen LogP contribution in [0.2, 0.25) is 0 Å². The topological polar surface area (TPSA) is 68.0 Å². The Kier molecular flexibility index (Phi) is 4.50. The van der Waals surface area contributed by atoms with Gasteiger partial charge in [-0.3, -0.25) is 15.1 Å². The molecule has 0 aliphatic heterocycles. The molecule has 0 atom stereocenters. The number of benzene rings is 1. The minimum absolute atomic E-state index is 0.136. The number of hydrogen-bond acceptors (Lipinski definition) is 5. The van der Waals surface area contributed by atoms with Gasteiger partial charge in [-0.15, -0.1) is 11.8 Å². The molecule has 0 bridgehead atoms. The molecule has 1 N–H and O–H groups in total. The van der Waals surface area contributed by atoms with Crippen LogP contribution in [0.25, 0.3) is 11.3 Å². The van der Waals surface area contributed by atoms with E-state index in [9.17, 15) is 4.79 Å². The fourth-order valence-corrected chi connectivity index (χ4v) is 2.54. The lowest BCUT2D eigenvalue weighted by molar-refractivity contribution is -0.113. The molecular weight excluding hydrogens is 298 g/mol. The van der Waals surface area contributed by atoms with Crippen molar-refractivity contribution in [2.75, 3.05) is 11.1 Å². The molecule has 5 nitrogen and oxygen atoms in total. The Balaban J connectivity index is 1.57. The summed E-state index contributed by atoms with van der Waals surface area (Å²) in [5.41, 5.74) is 1.48. The molecule has 3 rings (SSSR count). The predicted octanol–water partition coefficient (Wildman–Crippen LogP) is 3.47. The fraction of sp³-hybridized carbons (Fsp3) is 0.0625. The monoisotopic (exact) mass is 311 g/mol. The van der Waals surface area contributed by atoms with Gasteiger partial charge in [-0.1, -0.05) is 23.4 Å². The SMILES string of the molecule is O=C(CSc1ccccc1)Nc1cc(-c2cccnc2)no1. The summed E-state index contributed by atoms with van der Waals surface area (Å²) in [6, 6.07) is 15.1. The Labute approximate surface area is 131 Å². The van der Waals surface area contributed by atoms with E-state index < -0.39 is 0 Å². The first kappa shape index (κ1) is 14.3. The van der Waals surface area contributed by atoms with Crippen LogP contribution in [0.15, 0.2) is 70.3 Å². The number of thioether (sulfide) groups is 1. The van der Waals surface area contributed by atoms with E-state index in [4.69, 9.17) is 4.52 Å². The minimum Gasteiger partial charge on any atom is -0.338 e. The summed E-state index contributed by atoms with van der Waals surface area (Å²) in [5.74, 6) is 0.507. The smallest absolute Gasteiger partial charge is 0.237 e. The molecule has 1 amide bonds. The Morgan fingerprint density at radius 1 is 1.18 bits per heavy atom. The van der Waals surface area contributed by atoms with Gasteiger partial charge in [0.1, 0.15) is 5.69 Å². The van der Waals surface area contributed by atoms with Crippen molar-refractivity contribution < 1.29 is 9.32 Å². The molecule has 2 heterocycles. The maximum Gasteiger partial charge on any atom is 0.237 e. The third kappa shape index (κ3) is 3.73. The van der Waals surface area contributed by atoms with Crippen molar-refractivity contribution in [3.63, 3.8) is 0 Å². The van der Waals surface area contributed by atoms with Gasteiger partial charge in [-0.05, 0) is 24.3 Å². The number of hydrogen-bond donors (Lipinski definition) is 1. The summed E-state index contributed by atoms with van der Waals surface area (Å²) >= 11 is 1.47. The minimum atomic E-state index is -0.136. The van der Waals surface area contributed by atoms with Crippen molar-refractivity contribution in [3.05, 3.63) is 60.9 Å². The van der Waals surface area contributed by atoms with Gasteiger partial charge < -0.3 is 4.52 Å². The molecule has 0 saturated heterocycles. The zero-order valence-electron chi connectivity index (χ0n) is 11.6. The van der Waals surface area contributed by atoms with E-state index in [1.807, 2.05) is 42.5 Å². The van der Waals surface area contributed by atoms with Crippen LogP contribution >= 0.6 is 11.8 Å². The molecule has 110 valence electrons. The number of carbonyl (C=O) groups is 1. The number of pyridine rings is 1. The number of anilines is 1. The van der Waals surface area contributed by atoms with Crippen LogP contribution in [-0.4, -0.2) is 21.8 Å². The van der Waals surface area contributed by atoms with E-state index >= 15 is 0 Å². The quantitative estimate of drug-likeness (QED) is 0.731. The normalized spacial score (nSPS) is 10.4. The van der Waals surface area contributed by atoms with Crippen LogP contribution in [0.4, 0.5) is 5.88 Å². The van der Waals surface area contributed by atoms with E-state index in [1.165, 1.54) is 11.8 Å². The van der Waals surface area contributed by atoms with E-state index in [-0.39, 0.29) is 5.91 Å². The Morgan fingerprint density at radius 3 is 2.82 bits per heavy atom. The van der Waals surface area contributed by atoms with Gasteiger partial charge in [0.15, 0.2) is 0 Å². The summed E-state index contributed by atoms with van der Waals surface area (Å²) in [4.78, 5) is 17.0. The van der Waals surface area contributed by atoms with Crippen molar-refractivity contribution in [2.45, 2.75) is 4.90 Å². The molecule has 0 aliphatic rings. The van der Waals surface area contributed by atoms with Gasteiger partial charge in [-0.25, -0.2) is 0 Å². The van der Waals surface area contributed by atoms with Gasteiger partial charge in [0, 0.05) is 28.9 Å². The van der Waals surface area contributed by atoms with Gasteiger partial charge in [0.05, 0.1) is 5.75 Å². The van der Waals surface area contributed by atoms with Gasteiger partial charge in [-0.2, -0.15) is 0 Å². The van der Waals surface area contributed by atoms with Gasteiger partial charge in [0.2, 0.25) is 11.8 Å². The second kappa shape index (κ2) is 6.91. The number of amides is 1. The van der Waals surface area contributed by atoms with Crippen LogP contribution in [0.1, 0.15) is 0 Å². The van der Waals surface area contributed by atoms with Crippen LogP contribution in [0.3, 0.4) is 0 Å². The average molecular weight is 311 g/mol. The number of rotatable bonds is 5. The molecule has 0 saturated carbocycles. The van der Waals surface area contributed by atoms with Crippen molar-refractivity contribution in [3.8, 4) is 11.3 Å². The highest BCUT2D eigenvalue weighted by molar-refractivity contribution is 8.00. The third-order valence-electron chi connectivity index (χ3n) is 2.84. The standard InChI is InChI=1S/C16H13N3O2S/c20-15(11-22-13-6-2-1-3-7-13)18-16-9-14(19-21-16)12-5-4-8-17-10-12/h1-10H,11H2,(H,18,20). The fourth-order valence-electron chi connectivity index (χ4n) is 1.82. The molecule has 6 heteroatoms.